The highest BCUT2D eigenvalue weighted by Gasteiger charge is 2.15. The lowest BCUT2D eigenvalue weighted by molar-refractivity contribution is 1.20. The van der Waals surface area contributed by atoms with Gasteiger partial charge in [0.2, 0.25) is 0 Å². The Kier molecular flexibility index (Phi) is 11.0. The zero-order chi connectivity index (χ0) is 22.7. The summed E-state index contributed by atoms with van der Waals surface area (Å²) in [5.41, 5.74) is 4.95. The summed E-state index contributed by atoms with van der Waals surface area (Å²) in [5.74, 6) is 0. The van der Waals surface area contributed by atoms with Gasteiger partial charge in [-0.3, -0.25) is 4.98 Å². The molecule has 0 saturated heterocycles. The Morgan fingerprint density at radius 1 is 1.10 bits per heavy atom. The number of nitrogens with one attached hydrogen (secondary N) is 2. The first kappa shape index (κ1) is 25.5. The lowest BCUT2D eigenvalue weighted by Crippen LogP contribution is -1.88. The number of rotatable bonds is 2. The Labute approximate surface area is 189 Å². The topological polar surface area (TPSA) is 78.3 Å². The molecule has 0 fully saturated rings. The number of thiazole rings is 1. The maximum atomic E-state index is 6.08. The number of thiol groups is 1. The molecule has 5 nitrogen and oxygen atoms in total. The van der Waals surface area contributed by atoms with Gasteiger partial charge in [0.1, 0.15) is 5.01 Å². The molecule has 0 spiro atoms. The molecule has 4 heterocycles. The number of aromatic amines is 1. The summed E-state index contributed by atoms with van der Waals surface area (Å²) in [6.07, 6.45) is 6.75. The molecule has 0 unspecified atom stereocenters. The quantitative estimate of drug-likeness (QED) is 0.224. The molecule has 0 radical (unpaired) electrons. The molecule has 30 heavy (non-hydrogen) atoms. The largest absolute Gasteiger partial charge is 0.359 e. The van der Waals surface area contributed by atoms with Crippen LogP contribution >= 0.6 is 24.0 Å². The normalized spacial score (nSPS) is 9.47. The summed E-state index contributed by atoms with van der Waals surface area (Å²) >= 11 is 6.16. The average molecular weight is 442 g/mol. The molecule has 0 aliphatic carbocycles. The number of pyridine rings is 2. The molecule has 0 bridgehead atoms. The van der Waals surface area contributed by atoms with Gasteiger partial charge in [-0.05, 0) is 45.2 Å². The van der Waals surface area contributed by atoms with Gasteiger partial charge in [-0.2, -0.15) is 0 Å². The molecule has 2 N–H and O–H groups in total. The van der Waals surface area contributed by atoms with Crippen molar-refractivity contribution in [1.82, 2.24) is 19.9 Å². The smallest absolute Gasteiger partial charge is 0.125 e. The molecule has 0 atom stereocenters. The van der Waals surface area contributed by atoms with Gasteiger partial charge in [0.05, 0.1) is 27.5 Å². The Hall–Kier alpha value is -2.51. The molecular formula is C23H31N5S2. The van der Waals surface area contributed by atoms with E-state index in [-0.39, 0.29) is 0 Å². The molecule has 4 aromatic heterocycles. The lowest BCUT2D eigenvalue weighted by Gasteiger charge is -2.02. The molecule has 0 aromatic carbocycles. The fraction of sp³-hybridized carbons (Fsp3) is 0.304. The van der Waals surface area contributed by atoms with Crippen molar-refractivity contribution < 1.29 is 0 Å². The summed E-state index contributed by atoms with van der Waals surface area (Å²) in [6, 6.07) is 6.02. The minimum atomic E-state index is 0.932. The van der Waals surface area contributed by atoms with Gasteiger partial charge >= 0.3 is 0 Å². The van der Waals surface area contributed by atoms with Crippen molar-refractivity contribution in [2.75, 3.05) is 0 Å². The number of hydrogen-bond donors (Lipinski definition) is 3. The van der Waals surface area contributed by atoms with Gasteiger partial charge in [-0.25, -0.2) is 9.97 Å². The van der Waals surface area contributed by atoms with Crippen LogP contribution in [-0.2, 0) is 0 Å². The van der Waals surface area contributed by atoms with Crippen LogP contribution in [0.25, 0.3) is 32.0 Å². The van der Waals surface area contributed by atoms with Gasteiger partial charge in [-0.15, -0.1) is 24.0 Å². The fourth-order valence-electron chi connectivity index (χ4n) is 2.64. The third kappa shape index (κ3) is 6.00. The first-order chi connectivity index (χ1) is 14.5. The third-order valence-corrected chi connectivity index (χ3v) is 5.37. The van der Waals surface area contributed by atoms with Crippen molar-refractivity contribution in [3.05, 3.63) is 48.2 Å². The van der Waals surface area contributed by atoms with E-state index >= 15 is 0 Å². The van der Waals surface area contributed by atoms with E-state index in [0.717, 1.165) is 48.3 Å². The van der Waals surface area contributed by atoms with Gasteiger partial charge in [0.25, 0.3) is 0 Å². The molecule has 160 valence electrons. The first-order valence-electron chi connectivity index (χ1n) is 10.1. The second-order valence-corrected chi connectivity index (χ2v) is 7.13. The maximum Gasteiger partial charge on any atom is 0.125 e. The number of nitrogens with zero attached hydrogens (tertiary/aromatic N) is 3. The molecule has 4 rings (SSSR count). The zero-order valence-corrected chi connectivity index (χ0v) is 20.4. The summed E-state index contributed by atoms with van der Waals surface area (Å²) in [6.45, 7) is 13.7. The fourth-order valence-corrected chi connectivity index (χ4v) is 3.90. The van der Waals surface area contributed by atoms with Gasteiger partial charge < -0.3 is 10.4 Å². The van der Waals surface area contributed by atoms with Gasteiger partial charge in [0.15, 0.2) is 0 Å². The summed E-state index contributed by atoms with van der Waals surface area (Å²) in [7, 11) is 0. The summed E-state index contributed by atoms with van der Waals surface area (Å²) < 4.78 is 0. The zero-order valence-electron chi connectivity index (χ0n) is 18.7. The second kappa shape index (κ2) is 12.9. The third-order valence-electron chi connectivity index (χ3n) is 3.77. The number of fused-ring (bicyclic) bond motifs is 1. The molecule has 0 aliphatic rings. The van der Waals surface area contributed by atoms with Crippen LogP contribution < -0.4 is 0 Å². The predicted molar refractivity (Wildman–Crippen MR) is 134 cm³/mol. The molecule has 4 aromatic rings. The lowest BCUT2D eigenvalue weighted by atomic mass is 10.2. The van der Waals surface area contributed by atoms with Crippen molar-refractivity contribution in [3.63, 3.8) is 0 Å². The molecular weight excluding hydrogens is 410 g/mol. The van der Waals surface area contributed by atoms with E-state index in [4.69, 9.17) is 10.4 Å². The number of aryl methyl sites for hydroxylation is 2. The Morgan fingerprint density at radius 2 is 1.77 bits per heavy atom. The van der Waals surface area contributed by atoms with Crippen LogP contribution in [0.15, 0.2) is 41.7 Å². The van der Waals surface area contributed by atoms with Crippen molar-refractivity contribution in [2.24, 2.45) is 0 Å². The van der Waals surface area contributed by atoms with E-state index in [1.807, 2.05) is 66.1 Å². The van der Waals surface area contributed by atoms with E-state index in [1.165, 1.54) is 6.21 Å². The van der Waals surface area contributed by atoms with Crippen LogP contribution in [0, 0.1) is 19.3 Å². The molecule has 0 saturated carbocycles. The van der Waals surface area contributed by atoms with Crippen LogP contribution in [0.3, 0.4) is 0 Å². The SMILES string of the molecule is CC.CC.CC=N.Cc1nc(-c2cccnc2)sc1-c1cc2c(S)c[nH]c2c(C)n1. The van der Waals surface area contributed by atoms with E-state index in [1.54, 1.807) is 24.5 Å². The average Bonchev–Trinajstić information content (AvgIpc) is 3.35. The minimum absolute atomic E-state index is 0.932. The molecule has 7 heteroatoms. The minimum Gasteiger partial charge on any atom is -0.359 e. The van der Waals surface area contributed by atoms with E-state index < -0.39 is 0 Å². The van der Waals surface area contributed by atoms with Crippen LogP contribution in [-0.4, -0.2) is 26.2 Å². The number of hydrogen-bond acceptors (Lipinski definition) is 6. The predicted octanol–water partition coefficient (Wildman–Crippen LogP) is 7.36. The molecule has 0 aliphatic heterocycles. The monoisotopic (exact) mass is 441 g/mol. The maximum absolute atomic E-state index is 6.08. The van der Waals surface area contributed by atoms with Gasteiger partial charge in [-0.1, -0.05) is 27.7 Å². The van der Waals surface area contributed by atoms with Crippen LogP contribution in [0.5, 0.6) is 0 Å². The number of aromatic nitrogens is 4. The first-order valence-corrected chi connectivity index (χ1v) is 11.3. The van der Waals surface area contributed by atoms with Gasteiger partial charge in [0, 0.05) is 34.4 Å². The highest BCUT2D eigenvalue weighted by atomic mass is 32.1. The van der Waals surface area contributed by atoms with E-state index in [0.29, 0.717) is 0 Å². The van der Waals surface area contributed by atoms with Crippen LogP contribution in [0.2, 0.25) is 0 Å². The Morgan fingerprint density at radius 3 is 2.37 bits per heavy atom. The van der Waals surface area contributed by atoms with Crippen molar-refractivity contribution in [2.45, 2.75) is 53.4 Å². The van der Waals surface area contributed by atoms with Crippen molar-refractivity contribution >= 4 is 41.1 Å². The van der Waals surface area contributed by atoms with Crippen molar-refractivity contribution in [3.8, 4) is 21.1 Å². The second-order valence-electron chi connectivity index (χ2n) is 5.65. The van der Waals surface area contributed by atoms with Crippen LogP contribution in [0.4, 0.5) is 0 Å². The standard InChI is InChI=1S/C17H14N4S2.C2H5N.2C2H6/c1-9-15-12(14(22)8-19-15)6-13(20-9)16-10(2)21-17(23-16)11-4-3-5-18-7-11;1-2-3;2*1-2/h3-8,19,22H,1-2H3;2-3H,1H3;2*1-2H3. The van der Waals surface area contributed by atoms with Crippen LogP contribution in [0.1, 0.15) is 46.0 Å². The highest BCUT2D eigenvalue weighted by molar-refractivity contribution is 7.80. The summed E-state index contributed by atoms with van der Waals surface area (Å²) in [4.78, 5) is 18.8. The summed E-state index contributed by atoms with van der Waals surface area (Å²) in [5, 5.41) is 8.14. The van der Waals surface area contributed by atoms with E-state index in [2.05, 4.69) is 33.6 Å². The van der Waals surface area contributed by atoms with Crippen molar-refractivity contribution in [1.29, 1.82) is 5.41 Å². The molecule has 0 amide bonds. The number of H-pyrrole nitrogens is 1. The van der Waals surface area contributed by atoms with E-state index in [9.17, 15) is 0 Å². The Balaban J connectivity index is 0.000000579. The Bertz CT molecular complexity index is 1050. The highest BCUT2D eigenvalue weighted by Crippen LogP contribution is 2.36.